The molecule has 2 unspecified atom stereocenters. The first-order valence-corrected chi connectivity index (χ1v) is 4.92. The number of hydrogen-bond donors (Lipinski definition) is 1. The summed E-state index contributed by atoms with van der Waals surface area (Å²) < 4.78 is 2.18. The van der Waals surface area contributed by atoms with Gasteiger partial charge in [0.1, 0.15) is 7.05 Å². The Morgan fingerprint density at radius 2 is 2.14 bits per heavy atom. The second-order valence-electron chi connectivity index (χ2n) is 3.70. The molecule has 1 aliphatic heterocycles. The van der Waals surface area contributed by atoms with E-state index in [-0.39, 0.29) is 0 Å². The highest BCUT2D eigenvalue weighted by Gasteiger charge is 2.24. The van der Waals surface area contributed by atoms with E-state index in [1.807, 2.05) is 0 Å². The standard InChI is InChI=1S/C12H15N2/c1-13-9-5-3-7-11(13)12-8-4-6-10-14(12)2/h3-11H,1-2H3/q+1/p+1. The monoisotopic (exact) mass is 188 g/mol. The molecule has 0 aromatic carbocycles. The van der Waals surface area contributed by atoms with Crippen LogP contribution in [0.2, 0.25) is 0 Å². The summed E-state index contributed by atoms with van der Waals surface area (Å²) in [5.74, 6) is 0. The Morgan fingerprint density at radius 1 is 1.29 bits per heavy atom. The van der Waals surface area contributed by atoms with Crippen LogP contribution in [0.15, 0.2) is 48.8 Å². The Kier molecular flexibility index (Phi) is 2.46. The first-order chi connectivity index (χ1) is 6.79. The highest BCUT2D eigenvalue weighted by atomic mass is 15.1. The molecule has 1 aromatic rings. The zero-order valence-electron chi connectivity index (χ0n) is 8.64. The Morgan fingerprint density at radius 3 is 2.86 bits per heavy atom. The van der Waals surface area contributed by atoms with Crippen molar-refractivity contribution in [1.82, 2.24) is 0 Å². The largest absolute Gasteiger partial charge is 0.297 e. The maximum Gasteiger partial charge on any atom is 0.244 e. The van der Waals surface area contributed by atoms with Crippen molar-refractivity contribution < 1.29 is 9.47 Å². The van der Waals surface area contributed by atoms with Crippen molar-refractivity contribution in [2.45, 2.75) is 6.04 Å². The fraction of sp³-hybridized carbons (Fsp3) is 0.250. The van der Waals surface area contributed by atoms with Crippen LogP contribution in [0.5, 0.6) is 0 Å². The van der Waals surface area contributed by atoms with Gasteiger partial charge in [0.05, 0.1) is 13.2 Å². The summed E-state index contributed by atoms with van der Waals surface area (Å²) in [6.45, 7) is 0. The van der Waals surface area contributed by atoms with Gasteiger partial charge < -0.3 is 0 Å². The van der Waals surface area contributed by atoms with E-state index in [2.05, 4.69) is 67.5 Å². The van der Waals surface area contributed by atoms with Crippen LogP contribution in [0.3, 0.4) is 0 Å². The maximum atomic E-state index is 2.24. The molecule has 2 atom stereocenters. The SMILES string of the molecule is C[n+]1ccccc1C1C=CC=C[NH+]1C. The van der Waals surface area contributed by atoms with Gasteiger partial charge >= 0.3 is 0 Å². The third kappa shape index (κ3) is 1.61. The van der Waals surface area contributed by atoms with Crippen LogP contribution < -0.4 is 9.47 Å². The molecule has 72 valence electrons. The summed E-state index contributed by atoms with van der Waals surface area (Å²) in [7, 11) is 4.27. The first-order valence-electron chi connectivity index (χ1n) is 4.92. The van der Waals surface area contributed by atoms with Crippen molar-refractivity contribution in [3.05, 3.63) is 54.5 Å². The quantitative estimate of drug-likeness (QED) is 0.600. The minimum Gasteiger partial charge on any atom is -0.297 e. The molecule has 2 rings (SSSR count). The van der Waals surface area contributed by atoms with Gasteiger partial charge in [-0.25, -0.2) is 0 Å². The van der Waals surface area contributed by atoms with Crippen LogP contribution in [0.4, 0.5) is 0 Å². The average molecular weight is 188 g/mol. The van der Waals surface area contributed by atoms with Crippen molar-refractivity contribution in [2.24, 2.45) is 7.05 Å². The van der Waals surface area contributed by atoms with Gasteiger partial charge in [0.2, 0.25) is 5.69 Å². The Bertz CT molecular complexity index is 380. The zero-order chi connectivity index (χ0) is 9.97. The van der Waals surface area contributed by atoms with E-state index in [0.29, 0.717) is 6.04 Å². The number of quaternary nitrogens is 1. The lowest BCUT2D eigenvalue weighted by molar-refractivity contribution is -0.866. The summed E-state index contributed by atoms with van der Waals surface area (Å²) >= 11 is 0. The van der Waals surface area contributed by atoms with Crippen molar-refractivity contribution in [2.75, 3.05) is 7.05 Å². The van der Waals surface area contributed by atoms with E-state index < -0.39 is 0 Å². The van der Waals surface area contributed by atoms with E-state index in [9.17, 15) is 0 Å². The Balaban J connectivity index is 2.36. The number of pyridine rings is 1. The van der Waals surface area contributed by atoms with E-state index >= 15 is 0 Å². The van der Waals surface area contributed by atoms with Crippen molar-refractivity contribution in [3.63, 3.8) is 0 Å². The molecule has 1 aromatic heterocycles. The van der Waals surface area contributed by atoms with Gasteiger partial charge in [-0.1, -0.05) is 6.08 Å². The van der Waals surface area contributed by atoms with Crippen LogP contribution in [0.25, 0.3) is 0 Å². The van der Waals surface area contributed by atoms with Crippen molar-refractivity contribution >= 4 is 0 Å². The molecule has 14 heavy (non-hydrogen) atoms. The first kappa shape index (κ1) is 9.16. The lowest BCUT2D eigenvalue weighted by Gasteiger charge is -2.18. The smallest absolute Gasteiger partial charge is 0.244 e. The molecule has 0 saturated carbocycles. The van der Waals surface area contributed by atoms with Gasteiger partial charge in [-0.15, -0.1) is 0 Å². The number of hydrogen-bond acceptors (Lipinski definition) is 0. The van der Waals surface area contributed by atoms with Gasteiger partial charge in [0, 0.05) is 12.1 Å². The molecule has 2 nitrogen and oxygen atoms in total. The van der Waals surface area contributed by atoms with Crippen molar-refractivity contribution in [3.8, 4) is 0 Å². The second kappa shape index (κ2) is 3.76. The highest BCUT2D eigenvalue weighted by Crippen LogP contribution is 2.07. The molecule has 0 amide bonds. The maximum absolute atomic E-state index is 2.24. The molecule has 1 N–H and O–H groups in total. The number of nitrogens with zero attached hydrogens (tertiary/aromatic N) is 1. The summed E-state index contributed by atoms with van der Waals surface area (Å²) in [6, 6.07) is 6.76. The fourth-order valence-electron chi connectivity index (χ4n) is 1.83. The van der Waals surface area contributed by atoms with Gasteiger partial charge in [0.15, 0.2) is 12.2 Å². The number of nitrogens with one attached hydrogen (secondary N) is 1. The lowest BCUT2D eigenvalue weighted by Crippen LogP contribution is -3.05. The number of aromatic nitrogens is 1. The number of allylic oxidation sites excluding steroid dienone is 2. The minimum absolute atomic E-state index is 0.436. The topological polar surface area (TPSA) is 8.32 Å². The molecule has 0 aliphatic carbocycles. The molecule has 0 radical (unpaired) electrons. The van der Waals surface area contributed by atoms with Crippen LogP contribution in [0, 0.1) is 0 Å². The van der Waals surface area contributed by atoms with E-state index in [1.54, 1.807) is 0 Å². The summed E-state index contributed by atoms with van der Waals surface area (Å²) in [6.07, 6.45) is 10.7. The van der Waals surface area contributed by atoms with Gasteiger partial charge in [-0.05, 0) is 18.2 Å². The predicted molar refractivity (Wildman–Crippen MR) is 55.5 cm³/mol. The van der Waals surface area contributed by atoms with Gasteiger partial charge in [-0.3, -0.25) is 4.90 Å². The van der Waals surface area contributed by atoms with Crippen molar-refractivity contribution in [1.29, 1.82) is 0 Å². The molecule has 2 heteroatoms. The highest BCUT2D eigenvalue weighted by molar-refractivity contribution is 5.13. The summed E-state index contributed by atoms with van der Waals surface area (Å²) in [5.41, 5.74) is 1.34. The third-order valence-electron chi connectivity index (χ3n) is 2.68. The number of rotatable bonds is 1. The fourth-order valence-corrected chi connectivity index (χ4v) is 1.83. The summed E-state index contributed by atoms with van der Waals surface area (Å²) in [4.78, 5) is 1.40. The van der Waals surface area contributed by atoms with Crippen LogP contribution in [-0.4, -0.2) is 7.05 Å². The van der Waals surface area contributed by atoms with E-state index in [0.717, 1.165) is 0 Å². The molecule has 0 bridgehead atoms. The summed E-state index contributed by atoms with van der Waals surface area (Å²) in [5, 5.41) is 0. The minimum atomic E-state index is 0.436. The predicted octanol–water partition coefficient (Wildman–Crippen LogP) is 0.150. The normalized spacial score (nSPS) is 25.3. The molecule has 2 heterocycles. The molecular formula is C12H16N2+2. The molecular weight excluding hydrogens is 172 g/mol. The third-order valence-corrected chi connectivity index (χ3v) is 2.68. The van der Waals surface area contributed by atoms with Gasteiger partial charge in [0.25, 0.3) is 0 Å². The molecule has 1 aliphatic rings. The molecule has 0 spiro atoms. The second-order valence-corrected chi connectivity index (χ2v) is 3.70. The number of likely N-dealkylation sites (N-methyl/N-ethyl adjacent to an activating group) is 1. The molecule has 0 saturated heterocycles. The average Bonchev–Trinajstić information content (AvgIpc) is 2.20. The lowest BCUT2D eigenvalue weighted by atomic mass is 10.1. The zero-order valence-corrected chi connectivity index (χ0v) is 8.64. The molecule has 0 fully saturated rings. The van der Waals surface area contributed by atoms with E-state index in [4.69, 9.17) is 0 Å². The van der Waals surface area contributed by atoms with Crippen LogP contribution >= 0.6 is 0 Å². The van der Waals surface area contributed by atoms with E-state index in [1.165, 1.54) is 10.6 Å². The Hall–Kier alpha value is -1.41. The Labute approximate surface area is 84.8 Å². The number of aryl methyl sites for hydroxylation is 1. The van der Waals surface area contributed by atoms with Gasteiger partial charge in [-0.2, -0.15) is 4.57 Å². The van der Waals surface area contributed by atoms with Crippen LogP contribution in [0.1, 0.15) is 11.7 Å². The van der Waals surface area contributed by atoms with Crippen LogP contribution in [-0.2, 0) is 7.05 Å².